The molecule has 4 heteroatoms. The molecule has 0 spiro atoms. The van der Waals surface area contributed by atoms with Crippen molar-refractivity contribution in [3.8, 4) is 0 Å². The van der Waals surface area contributed by atoms with Gasteiger partial charge in [0.25, 0.3) is 0 Å². The molecule has 0 unspecified atom stereocenters. The Morgan fingerprint density at radius 3 is 2.70 bits per heavy atom. The summed E-state index contributed by atoms with van der Waals surface area (Å²) >= 11 is 0. The molecule has 10 heavy (non-hydrogen) atoms. The quantitative estimate of drug-likeness (QED) is 0.516. The van der Waals surface area contributed by atoms with E-state index in [1.54, 1.807) is 14.1 Å². The molecule has 0 atom stereocenters. The van der Waals surface area contributed by atoms with E-state index in [4.69, 9.17) is 5.11 Å². The molecule has 0 aromatic carbocycles. The van der Waals surface area contributed by atoms with Crippen molar-refractivity contribution < 1.29 is 9.90 Å². The van der Waals surface area contributed by atoms with Crippen LogP contribution >= 0.6 is 0 Å². The Morgan fingerprint density at radius 2 is 2.30 bits per heavy atom. The molecule has 4 nitrogen and oxygen atoms in total. The fourth-order valence-corrected chi connectivity index (χ4v) is 0.561. The molecule has 0 aliphatic carbocycles. The van der Waals surface area contributed by atoms with Crippen LogP contribution in [-0.4, -0.2) is 49.7 Å². The Balaban J connectivity index is 3.49. The van der Waals surface area contributed by atoms with E-state index in [2.05, 4.69) is 5.32 Å². The van der Waals surface area contributed by atoms with Crippen LogP contribution in [0, 0.1) is 0 Å². The largest absolute Gasteiger partial charge is 0.395 e. The van der Waals surface area contributed by atoms with Gasteiger partial charge >= 0.3 is 0 Å². The number of carbonyl (C=O) groups is 1. The number of amides is 1. The smallest absolute Gasteiger partial charge is 0.236 e. The number of hydrogen-bond acceptors (Lipinski definition) is 3. The van der Waals surface area contributed by atoms with Gasteiger partial charge in [0.15, 0.2) is 0 Å². The third-order valence-electron chi connectivity index (χ3n) is 1.19. The molecule has 0 saturated heterocycles. The number of likely N-dealkylation sites (N-methyl/N-ethyl adjacent to an activating group) is 2. The van der Waals surface area contributed by atoms with Crippen molar-refractivity contribution in [3.63, 3.8) is 0 Å². The van der Waals surface area contributed by atoms with E-state index >= 15 is 0 Å². The van der Waals surface area contributed by atoms with E-state index < -0.39 is 0 Å². The van der Waals surface area contributed by atoms with Crippen molar-refractivity contribution in [2.45, 2.75) is 0 Å². The van der Waals surface area contributed by atoms with Crippen LogP contribution in [0.1, 0.15) is 0 Å². The number of hydrogen-bond donors (Lipinski definition) is 2. The van der Waals surface area contributed by atoms with Crippen LogP contribution in [0.4, 0.5) is 0 Å². The molecule has 0 radical (unpaired) electrons. The Hall–Kier alpha value is -0.610. The molecule has 0 aliphatic heterocycles. The van der Waals surface area contributed by atoms with Gasteiger partial charge < -0.3 is 15.3 Å². The van der Waals surface area contributed by atoms with Gasteiger partial charge in [-0.25, -0.2) is 0 Å². The number of rotatable bonds is 4. The van der Waals surface area contributed by atoms with Crippen molar-refractivity contribution in [2.24, 2.45) is 0 Å². The van der Waals surface area contributed by atoms with Gasteiger partial charge in [-0.05, 0) is 7.05 Å². The second-order valence-electron chi connectivity index (χ2n) is 2.07. The van der Waals surface area contributed by atoms with E-state index in [0.717, 1.165) is 0 Å². The normalized spacial score (nSPS) is 9.50. The summed E-state index contributed by atoms with van der Waals surface area (Å²) in [5, 5.41) is 11.2. The van der Waals surface area contributed by atoms with Gasteiger partial charge in [0.1, 0.15) is 0 Å². The lowest BCUT2D eigenvalue weighted by Gasteiger charge is -2.14. The standard InChI is InChI=1S/C6H14N2O2/c1-7-5-6(10)8(2)3-4-9/h7,9H,3-5H2,1-2H3. The van der Waals surface area contributed by atoms with Crippen LogP contribution in [0.2, 0.25) is 0 Å². The summed E-state index contributed by atoms with van der Waals surface area (Å²) in [7, 11) is 3.38. The summed E-state index contributed by atoms with van der Waals surface area (Å²) in [6.45, 7) is 0.753. The molecule has 0 aromatic rings. The van der Waals surface area contributed by atoms with Crippen molar-refractivity contribution in [1.29, 1.82) is 0 Å². The van der Waals surface area contributed by atoms with Crippen LogP contribution in [0.5, 0.6) is 0 Å². The van der Waals surface area contributed by atoms with Crippen LogP contribution in [0.25, 0.3) is 0 Å². The molecule has 0 rings (SSSR count). The Labute approximate surface area is 60.8 Å². The predicted octanol–water partition coefficient (Wildman–Crippen LogP) is -1.34. The van der Waals surface area contributed by atoms with Crippen molar-refractivity contribution in [3.05, 3.63) is 0 Å². The van der Waals surface area contributed by atoms with Crippen LogP contribution in [0.15, 0.2) is 0 Å². The molecular formula is C6H14N2O2. The first-order valence-corrected chi connectivity index (χ1v) is 3.21. The molecule has 60 valence electrons. The fraction of sp³-hybridized carbons (Fsp3) is 0.833. The van der Waals surface area contributed by atoms with Crippen LogP contribution in [-0.2, 0) is 4.79 Å². The first-order valence-electron chi connectivity index (χ1n) is 3.21. The highest BCUT2D eigenvalue weighted by molar-refractivity contribution is 5.77. The van der Waals surface area contributed by atoms with E-state index in [9.17, 15) is 4.79 Å². The summed E-state index contributed by atoms with van der Waals surface area (Å²) in [5.41, 5.74) is 0. The minimum atomic E-state index is -0.00319. The Kier molecular flexibility index (Phi) is 4.88. The average molecular weight is 146 g/mol. The second kappa shape index (κ2) is 5.20. The van der Waals surface area contributed by atoms with E-state index in [1.807, 2.05) is 0 Å². The minimum absolute atomic E-state index is 0.00319. The molecular weight excluding hydrogens is 132 g/mol. The number of nitrogens with zero attached hydrogens (tertiary/aromatic N) is 1. The van der Waals surface area contributed by atoms with Crippen molar-refractivity contribution in [1.82, 2.24) is 10.2 Å². The lowest BCUT2D eigenvalue weighted by Crippen LogP contribution is -2.35. The lowest BCUT2D eigenvalue weighted by molar-refractivity contribution is -0.129. The highest BCUT2D eigenvalue weighted by Gasteiger charge is 2.04. The Morgan fingerprint density at radius 1 is 1.70 bits per heavy atom. The minimum Gasteiger partial charge on any atom is -0.395 e. The molecule has 0 aromatic heterocycles. The Bertz CT molecular complexity index is 106. The first kappa shape index (κ1) is 9.39. The first-order chi connectivity index (χ1) is 4.72. The average Bonchev–Trinajstić information content (AvgIpc) is 1.89. The maximum atomic E-state index is 10.9. The van der Waals surface area contributed by atoms with Gasteiger partial charge in [-0.1, -0.05) is 0 Å². The molecule has 2 N–H and O–H groups in total. The summed E-state index contributed by atoms with van der Waals surface area (Å²) < 4.78 is 0. The molecule has 0 aliphatic rings. The van der Waals surface area contributed by atoms with E-state index in [1.165, 1.54) is 4.90 Å². The molecule has 0 bridgehead atoms. The fourth-order valence-electron chi connectivity index (χ4n) is 0.561. The van der Waals surface area contributed by atoms with Crippen LogP contribution < -0.4 is 5.32 Å². The zero-order valence-electron chi connectivity index (χ0n) is 6.42. The van der Waals surface area contributed by atoms with Gasteiger partial charge in [-0.2, -0.15) is 0 Å². The number of aliphatic hydroxyl groups excluding tert-OH is 1. The summed E-state index contributed by atoms with van der Waals surface area (Å²) in [6, 6.07) is 0. The van der Waals surface area contributed by atoms with Gasteiger partial charge in [0, 0.05) is 13.6 Å². The topological polar surface area (TPSA) is 52.6 Å². The van der Waals surface area contributed by atoms with Gasteiger partial charge in [-0.3, -0.25) is 4.79 Å². The number of carbonyl (C=O) groups excluding carboxylic acids is 1. The van der Waals surface area contributed by atoms with Gasteiger partial charge in [-0.15, -0.1) is 0 Å². The summed E-state index contributed by atoms with van der Waals surface area (Å²) in [4.78, 5) is 12.4. The lowest BCUT2D eigenvalue weighted by atomic mass is 10.5. The highest BCUT2D eigenvalue weighted by atomic mass is 16.3. The third-order valence-corrected chi connectivity index (χ3v) is 1.19. The number of nitrogens with one attached hydrogen (secondary N) is 1. The molecule has 0 heterocycles. The number of aliphatic hydroxyl groups is 1. The van der Waals surface area contributed by atoms with Crippen molar-refractivity contribution in [2.75, 3.05) is 33.8 Å². The molecule has 0 fully saturated rings. The zero-order valence-corrected chi connectivity index (χ0v) is 6.42. The maximum absolute atomic E-state index is 10.9. The predicted molar refractivity (Wildman–Crippen MR) is 38.6 cm³/mol. The second-order valence-corrected chi connectivity index (χ2v) is 2.07. The van der Waals surface area contributed by atoms with Crippen LogP contribution in [0.3, 0.4) is 0 Å². The van der Waals surface area contributed by atoms with E-state index in [0.29, 0.717) is 13.1 Å². The monoisotopic (exact) mass is 146 g/mol. The third kappa shape index (κ3) is 3.42. The SMILES string of the molecule is CNCC(=O)N(C)CCO. The zero-order chi connectivity index (χ0) is 7.98. The molecule has 0 saturated carbocycles. The summed E-state index contributed by atoms with van der Waals surface area (Å²) in [5.74, 6) is -0.00319. The van der Waals surface area contributed by atoms with Gasteiger partial charge in [0.05, 0.1) is 13.2 Å². The highest BCUT2D eigenvalue weighted by Crippen LogP contribution is 1.80. The molecule has 1 amide bonds. The summed E-state index contributed by atoms with van der Waals surface area (Å²) in [6.07, 6.45) is 0. The maximum Gasteiger partial charge on any atom is 0.236 e. The van der Waals surface area contributed by atoms with E-state index in [-0.39, 0.29) is 12.5 Å². The van der Waals surface area contributed by atoms with Gasteiger partial charge in [0.2, 0.25) is 5.91 Å². The van der Waals surface area contributed by atoms with Crippen molar-refractivity contribution >= 4 is 5.91 Å².